The van der Waals surface area contributed by atoms with Crippen LogP contribution in [-0.2, 0) is 24.3 Å². The molecule has 2 aliphatic rings. The highest BCUT2D eigenvalue weighted by atomic mass is 16.4. The van der Waals surface area contributed by atoms with E-state index in [0.29, 0.717) is 60.1 Å². The summed E-state index contributed by atoms with van der Waals surface area (Å²) in [7, 11) is 0. The van der Waals surface area contributed by atoms with Gasteiger partial charge < -0.3 is 31.7 Å². The van der Waals surface area contributed by atoms with Crippen LogP contribution in [0.5, 0.6) is 0 Å². The average Bonchev–Trinajstić information content (AvgIpc) is 3.27. The number of benzene rings is 2. The average molecular weight is 681 g/mol. The number of anilines is 1. The van der Waals surface area contributed by atoms with Crippen LogP contribution >= 0.6 is 0 Å². The summed E-state index contributed by atoms with van der Waals surface area (Å²) in [5.74, 6) is -0.289. The Bertz CT molecular complexity index is 1800. The number of nitrogens with zero attached hydrogens (tertiary/aromatic N) is 4. The minimum atomic E-state index is -1.13. The standard InChI is InChI=1S/C37H44N8O5/c1-3-14-45(15-4-2)36(48)28-17-26-9-10-27(19-32(26)43-33(38)20-28)35(47)42-30-18-29-23-44(16-11-31(29)41-21-30)22-24-5-7-25(8-6-24)34(46)39-12-13-40-37(49)50/h5-10,17-19,21,40H,3-4,11-16,20,22-23H2,1-2H3,(H2,38,43)(H,39,46)(H,42,47)(H,49,50). The first-order valence-electron chi connectivity index (χ1n) is 17.0. The molecule has 5 rings (SSSR count). The van der Waals surface area contributed by atoms with Crippen LogP contribution < -0.4 is 21.7 Å². The predicted octanol–water partition coefficient (Wildman–Crippen LogP) is 4.31. The number of rotatable bonds is 13. The van der Waals surface area contributed by atoms with E-state index in [9.17, 15) is 19.2 Å². The second kappa shape index (κ2) is 16.7. The number of carboxylic acid groups (broad SMARTS) is 1. The molecule has 0 atom stereocenters. The number of nitrogens with two attached hydrogens (primary N) is 1. The van der Waals surface area contributed by atoms with Gasteiger partial charge >= 0.3 is 6.09 Å². The second-order valence-electron chi connectivity index (χ2n) is 12.4. The van der Waals surface area contributed by atoms with Gasteiger partial charge in [-0.15, -0.1) is 0 Å². The van der Waals surface area contributed by atoms with E-state index in [0.717, 1.165) is 48.2 Å². The molecule has 0 spiro atoms. The Labute approximate surface area is 291 Å². The zero-order valence-corrected chi connectivity index (χ0v) is 28.5. The molecule has 2 aromatic carbocycles. The van der Waals surface area contributed by atoms with Crippen LogP contribution in [0.1, 0.15) is 76.2 Å². The third kappa shape index (κ3) is 9.32. The van der Waals surface area contributed by atoms with Crippen molar-refractivity contribution in [2.24, 2.45) is 10.7 Å². The topological polar surface area (TPSA) is 182 Å². The third-order valence-corrected chi connectivity index (χ3v) is 8.49. The molecule has 0 radical (unpaired) electrons. The molecule has 3 aromatic rings. The number of pyridine rings is 1. The zero-order chi connectivity index (χ0) is 35.6. The molecule has 0 saturated carbocycles. The monoisotopic (exact) mass is 680 g/mol. The van der Waals surface area contributed by atoms with Crippen LogP contribution in [0.15, 0.2) is 65.3 Å². The van der Waals surface area contributed by atoms with E-state index in [2.05, 4.69) is 30.8 Å². The minimum Gasteiger partial charge on any atom is -0.465 e. The predicted molar refractivity (Wildman–Crippen MR) is 192 cm³/mol. The van der Waals surface area contributed by atoms with E-state index < -0.39 is 6.09 Å². The molecule has 0 bridgehead atoms. The van der Waals surface area contributed by atoms with Gasteiger partial charge in [-0.1, -0.05) is 32.0 Å². The summed E-state index contributed by atoms with van der Waals surface area (Å²) in [5, 5.41) is 16.5. The van der Waals surface area contributed by atoms with Crippen LogP contribution in [0.4, 0.5) is 16.2 Å². The van der Waals surface area contributed by atoms with Crippen molar-refractivity contribution in [3.05, 3.63) is 93.8 Å². The number of hydrogen-bond acceptors (Lipinski definition) is 8. The fourth-order valence-corrected chi connectivity index (χ4v) is 6.09. The van der Waals surface area contributed by atoms with E-state index in [4.69, 9.17) is 10.8 Å². The fraction of sp³-hybridized carbons (Fsp3) is 0.351. The summed E-state index contributed by atoms with van der Waals surface area (Å²) in [6.45, 7) is 7.94. The largest absolute Gasteiger partial charge is 0.465 e. The van der Waals surface area contributed by atoms with Gasteiger partial charge in [-0.05, 0) is 60.4 Å². The van der Waals surface area contributed by atoms with Crippen LogP contribution in [0.2, 0.25) is 0 Å². The minimum absolute atomic E-state index is 0.0386. The van der Waals surface area contributed by atoms with Crippen molar-refractivity contribution in [1.82, 2.24) is 25.4 Å². The molecular weight excluding hydrogens is 636 g/mol. The normalized spacial score (nSPS) is 13.9. The molecule has 0 unspecified atom stereocenters. The van der Waals surface area contributed by atoms with Gasteiger partial charge in [-0.3, -0.25) is 24.3 Å². The van der Waals surface area contributed by atoms with Crippen molar-refractivity contribution in [3.63, 3.8) is 0 Å². The zero-order valence-electron chi connectivity index (χ0n) is 28.5. The second-order valence-corrected chi connectivity index (χ2v) is 12.4. The molecule has 3 heterocycles. The lowest BCUT2D eigenvalue weighted by Crippen LogP contribution is -2.34. The smallest absolute Gasteiger partial charge is 0.404 e. The molecule has 13 heteroatoms. The van der Waals surface area contributed by atoms with Gasteiger partial charge in [0, 0.05) is 86.6 Å². The van der Waals surface area contributed by atoms with Crippen molar-refractivity contribution >= 4 is 47.1 Å². The lowest BCUT2D eigenvalue weighted by molar-refractivity contribution is -0.127. The Balaban J connectivity index is 1.21. The molecule has 0 fully saturated rings. The molecule has 262 valence electrons. The van der Waals surface area contributed by atoms with E-state index in [1.807, 2.05) is 43.0 Å². The van der Waals surface area contributed by atoms with Crippen LogP contribution in [0.3, 0.4) is 0 Å². The highest BCUT2D eigenvalue weighted by Crippen LogP contribution is 2.29. The Morgan fingerprint density at radius 1 is 0.940 bits per heavy atom. The Kier molecular flexibility index (Phi) is 11.9. The first kappa shape index (κ1) is 35.7. The van der Waals surface area contributed by atoms with Gasteiger partial charge in [0.05, 0.1) is 17.6 Å². The SMILES string of the molecule is CCCN(CCC)C(=O)C1=Cc2ccc(C(=O)Nc3cnc4c(c3)CN(Cc3ccc(C(=O)NCCNC(=O)O)cc3)CC4)cc2N=C(N)C1. The van der Waals surface area contributed by atoms with Gasteiger partial charge in [0.1, 0.15) is 5.84 Å². The van der Waals surface area contributed by atoms with Gasteiger partial charge in [-0.2, -0.15) is 0 Å². The first-order chi connectivity index (χ1) is 24.1. The quantitative estimate of drug-likeness (QED) is 0.166. The van der Waals surface area contributed by atoms with Crippen molar-refractivity contribution in [2.75, 3.05) is 38.0 Å². The Morgan fingerprint density at radius 3 is 2.38 bits per heavy atom. The number of aromatic nitrogens is 1. The molecular formula is C37H44N8O5. The van der Waals surface area contributed by atoms with Crippen LogP contribution in [0.25, 0.3) is 6.08 Å². The Morgan fingerprint density at radius 2 is 1.66 bits per heavy atom. The number of fused-ring (bicyclic) bond motifs is 2. The Hall–Kier alpha value is -5.56. The highest BCUT2D eigenvalue weighted by molar-refractivity contribution is 6.08. The maximum Gasteiger partial charge on any atom is 0.404 e. The summed E-state index contributed by atoms with van der Waals surface area (Å²) < 4.78 is 0. The molecule has 1 aromatic heterocycles. The number of amidine groups is 1. The van der Waals surface area contributed by atoms with Crippen LogP contribution in [0, 0.1) is 0 Å². The fourth-order valence-electron chi connectivity index (χ4n) is 6.09. The summed E-state index contributed by atoms with van der Waals surface area (Å²) in [6, 6.07) is 14.5. The van der Waals surface area contributed by atoms with Gasteiger partial charge in [0.25, 0.3) is 11.8 Å². The first-order valence-corrected chi connectivity index (χ1v) is 17.0. The maximum absolute atomic E-state index is 13.4. The van der Waals surface area contributed by atoms with Gasteiger partial charge in [0.2, 0.25) is 5.91 Å². The van der Waals surface area contributed by atoms with Crippen molar-refractivity contribution in [1.29, 1.82) is 0 Å². The van der Waals surface area contributed by atoms with Gasteiger partial charge in [-0.25, -0.2) is 9.79 Å². The molecule has 0 aliphatic carbocycles. The van der Waals surface area contributed by atoms with E-state index in [1.165, 1.54) is 0 Å². The molecule has 4 amide bonds. The number of carbonyl (C=O) groups excluding carboxylic acids is 3. The van der Waals surface area contributed by atoms with Gasteiger partial charge in [0.15, 0.2) is 0 Å². The number of hydrogen-bond donors (Lipinski definition) is 5. The van der Waals surface area contributed by atoms with Crippen molar-refractivity contribution in [3.8, 4) is 0 Å². The number of aliphatic imine (C=N–C) groups is 1. The molecule has 2 aliphatic heterocycles. The summed E-state index contributed by atoms with van der Waals surface area (Å²) in [6.07, 6.45) is 5.12. The van der Waals surface area contributed by atoms with E-state index in [-0.39, 0.29) is 37.2 Å². The molecule has 13 nitrogen and oxygen atoms in total. The summed E-state index contributed by atoms with van der Waals surface area (Å²) >= 11 is 0. The van der Waals surface area contributed by atoms with Crippen LogP contribution in [-0.4, -0.2) is 82.3 Å². The summed E-state index contributed by atoms with van der Waals surface area (Å²) in [4.78, 5) is 62.9. The summed E-state index contributed by atoms with van der Waals surface area (Å²) in [5.41, 5.74) is 12.7. The lowest BCUT2D eigenvalue weighted by atomic mass is 10.0. The number of nitrogens with one attached hydrogen (secondary N) is 3. The highest BCUT2D eigenvalue weighted by Gasteiger charge is 2.22. The molecule has 6 N–H and O–H groups in total. The molecule has 0 saturated heterocycles. The maximum atomic E-state index is 13.4. The lowest BCUT2D eigenvalue weighted by Gasteiger charge is -2.28. The van der Waals surface area contributed by atoms with E-state index >= 15 is 0 Å². The molecule has 50 heavy (non-hydrogen) atoms. The number of amides is 4. The number of carbonyl (C=O) groups is 4. The third-order valence-electron chi connectivity index (χ3n) is 8.49. The van der Waals surface area contributed by atoms with E-state index in [1.54, 1.807) is 36.5 Å². The van der Waals surface area contributed by atoms with Crippen molar-refractivity contribution < 1.29 is 24.3 Å². The van der Waals surface area contributed by atoms with Crippen molar-refractivity contribution in [2.45, 2.75) is 52.6 Å².